The van der Waals surface area contributed by atoms with Gasteiger partial charge >= 0.3 is 0 Å². The second-order valence-corrected chi connectivity index (χ2v) is 6.61. The summed E-state index contributed by atoms with van der Waals surface area (Å²) >= 11 is 0. The molecule has 1 aromatic carbocycles. The van der Waals surface area contributed by atoms with Crippen LogP contribution in [0.25, 0.3) is 0 Å². The summed E-state index contributed by atoms with van der Waals surface area (Å²) in [5, 5.41) is 3.13. The van der Waals surface area contributed by atoms with Crippen molar-refractivity contribution in [2.45, 2.75) is 6.92 Å². The zero-order valence-electron chi connectivity index (χ0n) is 15.6. The Labute approximate surface area is 163 Å². The standard InChI is InChI=1S/C20H21N7O/c1-15-3-5-17(6-4-15)25-19-23-13-16(14-24-19)18(28)26-9-11-27(12-10-26)20-21-7-2-8-22-20/h2-8,13-14H,9-12H2,1H3,(H,23,24,25). The number of piperazine rings is 1. The van der Waals surface area contributed by atoms with Crippen LogP contribution in [0.4, 0.5) is 17.6 Å². The lowest BCUT2D eigenvalue weighted by Crippen LogP contribution is -2.49. The Balaban J connectivity index is 1.35. The van der Waals surface area contributed by atoms with Crippen LogP contribution in [0, 0.1) is 6.92 Å². The number of benzene rings is 1. The van der Waals surface area contributed by atoms with Gasteiger partial charge < -0.3 is 15.1 Å². The maximum absolute atomic E-state index is 12.7. The van der Waals surface area contributed by atoms with Gasteiger partial charge in [-0.3, -0.25) is 4.79 Å². The Morgan fingerprint density at radius 3 is 2.21 bits per heavy atom. The molecule has 0 radical (unpaired) electrons. The number of amides is 1. The number of aromatic nitrogens is 4. The van der Waals surface area contributed by atoms with Gasteiger partial charge in [-0.05, 0) is 25.1 Å². The van der Waals surface area contributed by atoms with Crippen molar-refractivity contribution in [1.82, 2.24) is 24.8 Å². The number of nitrogens with zero attached hydrogens (tertiary/aromatic N) is 6. The topological polar surface area (TPSA) is 87.1 Å². The molecule has 28 heavy (non-hydrogen) atoms. The summed E-state index contributed by atoms with van der Waals surface area (Å²) in [5.74, 6) is 1.10. The lowest BCUT2D eigenvalue weighted by atomic mass is 10.2. The highest BCUT2D eigenvalue weighted by Gasteiger charge is 2.23. The average molecular weight is 375 g/mol. The summed E-state index contributed by atoms with van der Waals surface area (Å²) < 4.78 is 0. The van der Waals surface area contributed by atoms with Gasteiger partial charge in [-0.15, -0.1) is 0 Å². The quantitative estimate of drug-likeness (QED) is 0.748. The smallest absolute Gasteiger partial charge is 0.257 e. The molecule has 1 aliphatic rings. The number of aryl methyl sites for hydroxylation is 1. The number of hydrogen-bond acceptors (Lipinski definition) is 7. The first-order chi connectivity index (χ1) is 13.7. The van der Waals surface area contributed by atoms with Crippen molar-refractivity contribution >= 4 is 23.5 Å². The molecule has 1 amide bonds. The van der Waals surface area contributed by atoms with Crippen molar-refractivity contribution in [3.05, 3.63) is 66.2 Å². The number of rotatable bonds is 4. The SMILES string of the molecule is Cc1ccc(Nc2ncc(C(=O)N3CCN(c4ncccn4)CC3)cn2)cc1. The molecule has 8 heteroatoms. The highest BCUT2D eigenvalue weighted by atomic mass is 16.2. The molecule has 2 aromatic heterocycles. The summed E-state index contributed by atoms with van der Waals surface area (Å²) in [7, 11) is 0. The molecule has 1 N–H and O–H groups in total. The van der Waals surface area contributed by atoms with Crippen molar-refractivity contribution in [3.8, 4) is 0 Å². The molecule has 0 unspecified atom stereocenters. The molecule has 0 spiro atoms. The predicted molar refractivity (Wildman–Crippen MR) is 107 cm³/mol. The van der Waals surface area contributed by atoms with Crippen molar-refractivity contribution in [2.24, 2.45) is 0 Å². The zero-order valence-corrected chi connectivity index (χ0v) is 15.6. The van der Waals surface area contributed by atoms with E-state index in [2.05, 4.69) is 30.2 Å². The van der Waals surface area contributed by atoms with Crippen molar-refractivity contribution in [2.75, 3.05) is 36.4 Å². The Morgan fingerprint density at radius 1 is 0.929 bits per heavy atom. The number of carbonyl (C=O) groups excluding carboxylic acids is 1. The summed E-state index contributed by atoms with van der Waals surface area (Å²) in [4.78, 5) is 33.7. The van der Waals surface area contributed by atoms with E-state index in [0.717, 1.165) is 5.69 Å². The molecule has 0 aliphatic carbocycles. The second kappa shape index (κ2) is 7.99. The molecule has 0 bridgehead atoms. The second-order valence-electron chi connectivity index (χ2n) is 6.61. The number of carbonyl (C=O) groups is 1. The van der Waals surface area contributed by atoms with Crippen LogP contribution in [0.3, 0.4) is 0 Å². The van der Waals surface area contributed by atoms with E-state index in [-0.39, 0.29) is 5.91 Å². The first kappa shape index (κ1) is 17.8. The minimum absolute atomic E-state index is 0.0597. The van der Waals surface area contributed by atoms with Gasteiger partial charge in [0, 0.05) is 56.7 Å². The van der Waals surface area contributed by atoms with Crippen molar-refractivity contribution < 1.29 is 4.79 Å². The van der Waals surface area contributed by atoms with Gasteiger partial charge in [-0.1, -0.05) is 17.7 Å². The molecular weight excluding hydrogens is 354 g/mol. The number of anilines is 3. The van der Waals surface area contributed by atoms with Crippen LogP contribution in [0.5, 0.6) is 0 Å². The van der Waals surface area contributed by atoms with E-state index in [4.69, 9.17) is 0 Å². The Hall–Kier alpha value is -3.55. The van der Waals surface area contributed by atoms with Gasteiger partial charge in [-0.2, -0.15) is 0 Å². The number of hydrogen-bond donors (Lipinski definition) is 1. The number of nitrogens with one attached hydrogen (secondary N) is 1. The van der Waals surface area contributed by atoms with Crippen LogP contribution in [0.15, 0.2) is 55.1 Å². The van der Waals surface area contributed by atoms with Gasteiger partial charge in [0.25, 0.3) is 5.91 Å². The van der Waals surface area contributed by atoms with Crippen LogP contribution in [0.2, 0.25) is 0 Å². The van der Waals surface area contributed by atoms with Crippen LogP contribution < -0.4 is 10.2 Å². The van der Waals surface area contributed by atoms with Gasteiger partial charge in [-0.25, -0.2) is 19.9 Å². The Kier molecular flexibility index (Phi) is 5.09. The molecule has 0 atom stereocenters. The third-order valence-corrected chi connectivity index (χ3v) is 4.61. The van der Waals surface area contributed by atoms with Gasteiger partial charge in [0.15, 0.2) is 0 Å². The van der Waals surface area contributed by atoms with Crippen molar-refractivity contribution in [1.29, 1.82) is 0 Å². The maximum atomic E-state index is 12.7. The average Bonchev–Trinajstić information content (AvgIpc) is 2.76. The molecule has 4 rings (SSSR count). The predicted octanol–water partition coefficient (Wildman–Crippen LogP) is 2.28. The summed E-state index contributed by atoms with van der Waals surface area (Å²) in [6, 6.07) is 9.75. The highest BCUT2D eigenvalue weighted by Crippen LogP contribution is 2.15. The normalized spacial score (nSPS) is 14.0. The van der Waals surface area contributed by atoms with Crippen LogP contribution >= 0.6 is 0 Å². The van der Waals surface area contributed by atoms with Gasteiger partial charge in [0.1, 0.15) is 0 Å². The van der Waals surface area contributed by atoms with E-state index >= 15 is 0 Å². The fourth-order valence-corrected chi connectivity index (χ4v) is 3.02. The van der Waals surface area contributed by atoms with E-state index in [0.29, 0.717) is 43.6 Å². The van der Waals surface area contributed by atoms with Crippen molar-refractivity contribution in [3.63, 3.8) is 0 Å². The molecule has 1 saturated heterocycles. The minimum Gasteiger partial charge on any atom is -0.337 e. The first-order valence-electron chi connectivity index (χ1n) is 9.16. The molecular formula is C20H21N7O. The Morgan fingerprint density at radius 2 is 1.57 bits per heavy atom. The summed E-state index contributed by atoms with van der Waals surface area (Å²) in [5.41, 5.74) is 2.58. The minimum atomic E-state index is -0.0597. The van der Waals surface area contributed by atoms with Crippen LogP contribution in [-0.4, -0.2) is 56.9 Å². The van der Waals surface area contributed by atoms with Crippen LogP contribution in [-0.2, 0) is 0 Å². The molecule has 1 aliphatic heterocycles. The molecule has 0 saturated carbocycles. The zero-order chi connectivity index (χ0) is 19.3. The monoisotopic (exact) mass is 375 g/mol. The molecule has 1 fully saturated rings. The highest BCUT2D eigenvalue weighted by molar-refractivity contribution is 5.93. The van der Waals surface area contributed by atoms with E-state index in [1.165, 1.54) is 5.56 Å². The van der Waals surface area contributed by atoms with Crippen LogP contribution in [0.1, 0.15) is 15.9 Å². The molecule has 3 aromatic rings. The summed E-state index contributed by atoms with van der Waals surface area (Å²) in [6.45, 7) is 4.65. The lowest BCUT2D eigenvalue weighted by molar-refractivity contribution is 0.0745. The molecule has 3 heterocycles. The molecule has 142 valence electrons. The van der Waals surface area contributed by atoms with E-state index < -0.39 is 0 Å². The third-order valence-electron chi connectivity index (χ3n) is 4.61. The van der Waals surface area contributed by atoms with Gasteiger partial charge in [0.2, 0.25) is 11.9 Å². The largest absolute Gasteiger partial charge is 0.337 e. The first-order valence-corrected chi connectivity index (χ1v) is 9.16. The van der Waals surface area contributed by atoms with E-state index in [1.807, 2.05) is 36.1 Å². The fraction of sp³-hybridized carbons (Fsp3) is 0.250. The molecule has 8 nitrogen and oxygen atoms in total. The lowest BCUT2D eigenvalue weighted by Gasteiger charge is -2.34. The fourth-order valence-electron chi connectivity index (χ4n) is 3.02. The van der Waals surface area contributed by atoms with E-state index in [9.17, 15) is 4.79 Å². The maximum Gasteiger partial charge on any atom is 0.257 e. The summed E-state index contributed by atoms with van der Waals surface area (Å²) in [6.07, 6.45) is 6.59. The third kappa shape index (κ3) is 4.06. The van der Waals surface area contributed by atoms with Gasteiger partial charge in [0.05, 0.1) is 5.56 Å². The Bertz CT molecular complexity index is 921. The van der Waals surface area contributed by atoms with E-state index in [1.54, 1.807) is 30.9 Å².